The third-order valence-corrected chi connectivity index (χ3v) is 1.39. The van der Waals surface area contributed by atoms with E-state index in [2.05, 4.69) is 0 Å². The summed E-state index contributed by atoms with van der Waals surface area (Å²) in [7, 11) is 0. The van der Waals surface area contributed by atoms with Crippen LogP contribution in [0, 0.1) is 10.1 Å². The number of alkyl halides is 2. The number of nitro groups is 1. The van der Waals surface area contributed by atoms with E-state index in [1.807, 2.05) is 0 Å². The summed E-state index contributed by atoms with van der Waals surface area (Å²) < 4.78 is 37.3. The predicted octanol–water partition coefficient (Wildman–Crippen LogP) is 1.69. The Morgan fingerprint density at radius 1 is 1.58 bits per heavy atom. The van der Waals surface area contributed by atoms with Gasteiger partial charge in [0.05, 0.1) is 0 Å². The second kappa shape index (κ2) is 2.62. The van der Waals surface area contributed by atoms with Crippen molar-refractivity contribution in [1.29, 1.82) is 0 Å². The van der Waals surface area contributed by atoms with E-state index in [1.165, 1.54) is 0 Å². The van der Waals surface area contributed by atoms with Crippen LogP contribution in [0.1, 0.15) is 0 Å². The lowest BCUT2D eigenvalue weighted by molar-refractivity contribution is -0.532. The zero-order valence-electron chi connectivity index (χ0n) is 5.71. The fourth-order valence-electron chi connectivity index (χ4n) is 0.840. The van der Waals surface area contributed by atoms with Gasteiger partial charge in [-0.05, 0) is 12.2 Å². The fraction of sp³-hybridized carbons (Fsp3) is 0.333. The Kier molecular flexibility index (Phi) is 1.91. The van der Waals surface area contributed by atoms with Crippen LogP contribution in [0.4, 0.5) is 13.2 Å². The molecule has 0 amide bonds. The summed E-state index contributed by atoms with van der Waals surface area (Å²) in [6, 6.07) is -2.16. The van der Waals surface area contributed by atoms with Crippen molar-refractivity contribution in [3.05, 3.63) is 34.2 Å². The monoisotopic (exact) mass is 179 g/mol. The molecule has 1 aliphatic carbocycles. The zero-order chi connectivity index (χ0) is 9.35. The first-order valence-corrected chi connectivity index (χ1v) is 3.01. The Morgan fingerprint density at radius 3 is 2.58 bits per heavy atom. The minimum Gasteiger partial charge on any atom is -0.264 e. The molecule has 66 valence electrons. The molecule has 3 nitrogen and oxygen atoms in total. The number of rotatable bonds is 1. The fourth-order valence-corrected chi connectivity index (χ4v) is 0.840. The minimum absolute atomic E-state index is 0.0551. The maximum Gasteiger partial charge on any atom is 0.338 e. The summed E-state index contributed by atoms with van der Waals surface area (Å²) in [6.07, 6.45) is 1.14. The Morgan fingerprint density at radius 2 is 2.17 bits per heavy atom. The van der Waals surface area contributed by atoms with E-state index in [0.717, 1.165) is 0 Å². The van der Waals surface area contributed by atoms with Crippen LogP contribution in [-0.2, 0) is 0 Å². The van der Waals surface area contributed by atoms with E-state index in [-0.39, 0.29) is 6.08 Å². The topological polar surface area (TPSA) is 43.1 Å². The van der Waals surface area contributed by atoms with Gasteiger partial charge < -0.3 is 0 Å². The predicted molar refractivity (Wildman–Crippen MR) is 34.1 cm³/mol. The van der Waals surface area contributed by atoms with E-state index in [4.69, 9.17) is 0 Å². The first kappa shape index (κ1) is 8.76. The number of hydrogen-bond donors (Lipinski definition) is 0. The molecule has 1 atom stereocenters. The van der Waals surface area contributed by atoms with E-state index >= 15 is 0 Å². The van der Waals surface area contributed by atoms with Crippen LogP contribution in [0.3, 0.4) is 0 Å². The normalized spacial score (nSPS) is 26.6. The van der Waals surface area contributed by atoms with Crippen LogP contribution >= 0.6 is 0 Å². The van der Waals surface area contributed by atoms with Crippen molar-refractivity contribution >= 4 is 0 Å². The van der Waals surface area contributed by atoms with E-state index < -0.39 is 22.7 Å². The van der Waals surface area contributed by atoms with Crippen LogP contribution < -0.4 is 0 Å². The summed E-state index contributed by atoms with van der Waals surface area (Å²) in [5.41, 5.74) is 0. The first-order valence-electron chi connectivity index (χ1n) is 3.01. The molecule has 0 aromatic rings. The number of allylic oxidation sites excluding steroid dienone is 2. The standard InChI is InChI=1S/C6H4F3NO2/c7-4-1-2-5(10(11)12)6(8,9)3-4/h1-3,5H. The van der Waals surface area contributed by atoms with Crippen LogP contribution in [0.15, 0.2) is 24.1 Å². The number of halogens is 3. The Labute approximate surface area is 65.3 Å². The highest BCUT2D eigenvalue weighted by molar-refractivity contribution is 5.24. The minimum atomic E-state index is -3.73. The largest absolute Gasteiger partial charge is 0.338 e. The van der Waals surface area contributed by atoms with Gasteiger partial charge in [0.1, 0.15) is 5.83 Å². The molecular weight excluding hydrogens is 175 g/mol. The van der Waals surface area contributed by atoms with Crippen LogP contribution in [0.2, 0.25) is 0 Å². The summed E-state index contributed by atoms with van der Waals surface area (Å²) >= 11 is 0. The lowest BCUT2D eigenvalue weighted by Gasteiger charge is -2.16. The van der Waals surface area contributed by atoms with Crippen molar-refractivity contribution in [2.24, 2.45) is 0 Å². The highest BCUT2D eigenvalue weighted by atomic mass is 19.3. The summed E-state index contributed by atoms with van der Waals surface area (Å²) in [4.78, 5) is 8.85. The van der Waals surface area contributed by atoms with Gasteiger partial charge in [0, 0.05) is 11.0 Å². The Balaban J connectivity index is 2.96. The maximum atomic E-state index is 12.6. The SMILES string of the molecule is O=[N+]([O-])C1C=CC(F)=CC1(F)F. The molecule has 0 spiro atoms. The second-order valence-electron chi connectivity index (χ2n) is 2.29. The molecule has 0 aromatic carbocycles. The maximum absolute atomic E-state index is 12.6. The lowest BCUT2D eigenvalue weighted by Crippen LogP contribution is -2.38. The van der Waals surface area contributed by atoms with E-state index in [1.54, 1.807) is 0 Å². The highest BCUT2D eigenvalue weighted by Crippen LogP contribution is 2.29. The van der Waals surface area contributed by atoms with Crippen molar-refractivity contribution in [3.8, 4) is 0 Å². The van der Waals surface area contributed by atoms with Gasteiger partial charge in [-0.15, -0.1) is 0 Å². The van der Waals surface area contributed by atoms with Crippen LogP contribution in [-0.4, -0.2) is 16.9 Å². The van der Waals surface area contributed by atoms with Crippen LogP contribution in [0.5, 0.6) is 0 Å². The van der Waals surface area contributed by atoms with Gasteiger partial charge in [-0.3, -0.25) is 10.1 Å². The zero-order valence-corrected chi connectivity index (χ0v) is 5.71. The van der Waals surface area contributed by atoms with Crippen molar-refractivity contribution < 1.29 is 18.1 Å². The molecule has 1 unspecified atom stereocenters. The van der Waals surface area contributed by atoms with Crippen molar-refractivity contribution in [1.82, 2.24) is 0 Å². The van der Waals surface area contributed by atoms with Gasteiger partial charge in [-0.25, -0.2) is 4.39 Å². The van der Waals surface area contributed by atoms with Gasteiger partial charge in [0.25, 0.3) is 6.04 Å². The number of hydrogen-bond acceptors (Lipinski definition) is 2. The molecule has 12 heavy (non-hydrogen) atoms. The average Bonchev–Trinajstić information content (AvgIpc) is 1.82. The third kappa shape index (κ3) is 1.46. The van der Waals surface area contributed by atoms with Gasteiger partial charge in [-0.1, -0.05) is 0 Å². The summed E-state index contributed by atoms with van der Waals surface area (Å²) in [5, 5.41) is 10.00. The molecule has 0 heterocycles. The molecule has 0 saturated heterocycles. The smallest absolute Gasteiger partial charge is 0.264 e. The molecule has 0 aromatic heterocycles. The van der Waals surface area contributed by atoms with Gasteiger partial charge >= 0.3 is 5.92 Å². The molecule has 1 rings (SSSR count). The van der Waals surface area contributed by atoms with E-state index in [9.17, 15) is 23.3 Å². The molecule has 0 aliphatic heterocycles. The molecule has 0 saturated carbocycles. The van der Waals surface area contributed by atoms with Crippen molar-refractivity contribution in [3.63, 3.8) is 0 Å². The second-order valence-corrected chi connectivity index (χ2v) is 2.29. The Hall–Kier alpha value is -1.33. The molecule has 1 aliphatic rings. The van der Waals surface area contributed by atoms with Crippen LogP contribution in [0.25, 0.3) is 0 Å². The first-order chi connectivity index (χ1) is 5.43. The number of nitrogens with zero attached hydrogens (tertiary/aromatic N) is 1. The van der Waals surface area contributed by atoms with Gasteiger partial charge in [-0.2, -0.15) is 8.78 Å². The third-order valence-electron chi connectivity index (χ3n) is 1.39. The van der Waals surface area contributed by atoms with Crippen molar-refractivity contribution in [2.75, 3.05) is 0 Å². The molecule has 0 radical (unpaired) electrons. The quantitative estimate of drug-likeness (QED) is 0.454. The molecular formula is C6H4F3NO2. The van der Waals surface area contributed by atoms with E-state index in [0.29, 0.717) is 12.2 Å². The highest BCUT2D eigenvalue weighted by Gasteiger charge is 2.47. The molecule has 0 fully saturated rings. The summed E-state index contributed by atoms with van der Waals surface area (Å²) in [6.45, 7) is 0. The Bertz CT molecular complexity index is 272. The molecule has 0 bridgehead atoms. The molecule has 6 heteroatoms. The van der Waals surface area contributed by atoms with Gasteiger partial charge in [0.15, 0.2) is 0 Å². The van der Waals surface area contributed by atoms with Gasteiger partial charge in [0.2, 0.25) is 0 Å². The summed E-state index contributed by atoms with van der Waals surface area (Å²) in [5.74, 6) is -4.89. The average molecular weight is 179 g/mol. The molecule has 0 N–H and O–H groups in total. The lowest BCUT2D eigenvalue weighted by atomic mass is 10.1. The van der Waals surface area contributed by atoms with Crippen molar-refractivity contribution in [2.45, 2.75) is 12.0 Å².